The fourth-order valence-corrected chi connectivity index (χ4v) is 9.34. The second kappa shape index (κ2) is 13.9. The Hall–Kier alpha value is -8.68. The van der Waals surface area contributed by atoms with Crippen molar-refractivity contribution in [2.75, 3.05) is 0 Å². The first-order valence-corrected chi connectivity index (χ1v) is 21.0. The lowest BCUT2D eigenvalue weighted by molar-refractivity contribution is 0.665. The van der Waals surface area contributed by atoms with Gasteiger partial charge in [-0.3, -0.25) is 4.98 Å². The van der Waals surface area contributed by atoms with E-state index in [4.69, 9.17) is 19.4 Å². The molecule has 63 heavy (non-hydrogen) atoms. The molecule has 0 atom stereocenters. The van der Waals surface area contributed by atoms with Crippen molar-refractivity contribution in [3.63, 3.8) is 0 Å². The van der Waals surface area contributed by atoms with Gasteiger partial charge in [-0.15, -0.1) is 0 Å². The molecule has 0 aliphatic rings. The first-order valence-electron chi connectivity index (χ1n) is 21.0. The smallest absolute Gasteiger partial charge is 0.164 e. The van der Waals surface area contributed by atoms with Crippen molar-refractivity contribution >= 4 is 65.7 Å². The highest BCUT2D eigenvalue weighted by atomic mass is 16.3. The highest BCUT2D eigenvalue weighted by Gasteiger charge is 2.20. The van der Waals surface area contributed by atoms with Crippen molar-refractivity contribution in [3.05, 3.63) is 206 Å². The largest absolute Gasteiger partial charge is 0.452 e. The zero-order valence-corrected chi connectivity index (χ0v) is 33.7. The van der Waals surface area contributed by atoms with E-state index >= 15 is 0 Å². The van der Waals surface area contributed by atoms with Crippen molar-refractivity contribution in [2.24, 2.45) is 0 Å². The second-order valence-electron chi connectivity index (χ2n) is 15.9. The summed E-state index contributed by atoms with van der Waals surface area (Å²) >= 11 is 0. The molecule has 0 bridgehead atoms. The van der Waals surface area contributed by atoms with Crippen LogP contribution in [0.4, 0.5) is 0 Å². The molecule has 0 amide bonds. The number of fused-ring (bicyclic) bond motifs is 9. The molecule has 0 saturated carbocycles. The van der Waals surface area contributed by atoms with Gasteiger partial charge in [-0.2, -0.15) is 0 Å². The minimum absolute atomic E-state index is 0.617. The molecule has 13 rings (SSSR count). The van der Waals surface area contributed by atoms with Crippen LogP contribution in [-0.4, -0.2) is 29.1 Å². The fraction of sp³-hybridized carbons (Fsp3) is 0. The first-order chi connectivity index (χ1) is 31.2. The summed E-state index contributed by atoms with van der Waals surface area (Å²) in [5.41, 5.74) is 14.0. The lowest BCUT2D eigenvalue weighted by Crippen LogP contribution is -2.01. The molecule has 0 radical (unpaired) electrons. The van der Waals surface area contributed by atoms with E-state index in [-0.39, 0.29) is 0 Å². The molecule has 0 unspecified atom stereocenters. The summed E-state index contributed by atoms with van der Waals surface area (Å²) in [6, 6.07) is 69.9. The summed E-state index contributed by atoms with van der Waals surface area (Å²) in [6.45, 7) is 0. The van der Waals surface area contributed by atoms with Gasteiger partial charge in [0.25, 0.3) is 0 Å². The average molecular weight is 807 g/mol. The van der Waals surface area contributed by atoms with Gasteiger partial charge in [0.2, 0.25) is 0 Å². The van der Waals surface area contributed by atoms with Crippen LogP contribution in [0.1, 0.15) is 0 Å². The van der Waals surface area contributed by atoms with E-state index in [0.29, 0.717) is 17.5 Å². The van der Waals surface area contributed by atoms with Gasteiger partial charge < -0.3 is 13.6 Å². The Morgan fingerprint density at radius 1 is 0.349 bits per heavy atom. The lowest BCUT2D eigenvalue weighted by Gasteiger charge is -2.12. The number of benzene rings is 8. The number of hydrogen-bond donors (Lipinski definition) is 0. The number of pyridine rings is 1. The Kier molecular flexibility index (Phi) is 7.77. The van der Waals surface area contributed by atoms with Gasteiger partial charge in [-0.05, 0) is 77.9 Å². The number of para-hydroxylation sites is 3. The van der Waals surface area contributed by atoms with Crippen molar-refractivity contribution in [1.29, 1.82) is 0 Å². The molecule has 0 N–H and O–H groups in total. The minimum atomic E-state index is 0.617. The van der Waals surface area contributed by atoms with E-state index in [9.17, 15) is 0 Å². The van der Waals surface area contributed by atoms with Crippen LogP contribution < -0.4 is 0 Å². The first kappa shape index (κ1) is 35.1. The van der Waals surface area contributed by atoms with E-state index in [2.05, 4.69) is 142 Å². The van der Waals surface area contributed by atoms with Crippen molar-refractivity contribution in [1.82, 2.24) is 29.1 Å². The van der Waals surface area contributed by atoms with Crippen LogP contribution in [0.3, 0.4) is 0 Å². The number of aromatic nitrogens is 6. The lowest BCUT2D eigenvalue weighted by atomic mass is 10.0. The molecule has 294 valence electrons. The molecular weight excluding hydrogens is 773 g/mol. The van der Waals surface area contributed by atoms with E-state index in [1.807, 2.05) is 79.0 Å². The monoisotopic (exact) mass is 806 g/mol. The Morgan fingerprint density at radius 2 is 0.921 bits per heavy atom. The van der Waals surface area contributed by atoms with E-state index in [1.54, 1.807) is 0 Å². The molecule has 7 heteroatoms. The molecule has 13 aromatic rings. The van der Waals surface area contributed by atoms with Gasteiger partial charge in [0, 0.05) is 55.5 Å². The van der Waals surface area contributed by atoms with Crippen LogP contribution in [0.2, 0.25) is 0 Å². The quantitative estimate of drug-likeness (QED) is 0.167. The Bertz CT molecular complexity index is 3860. The van der Waals surface area contributed by atoms with Crippen molar-refractivity contribution < 1.29 is 4.42 Å². The zero-order valence-electron chi connectivity index (χ0n) is 33.7. The van der Waals surface area contributed by atoms with Crippen LogP contribution in [-0.2, 0) is 0 Å². The minimum Gasteiger partial charge on any atom is -0.452 e. The van der Waals surface area contributed by atoms with Gasteiger partial charge in [0.1, 0.15) is 5.52 Å². The Morgan fingerprint density at radius 3 is 1.68 bits per heavy atom. The summed E-state index contributed by atoms with van der Waals surface area (Å²) in [6.07, 6.45) is 1.82. The second-order valence-corrected chi connectivity index (χ2v) is 15.9. The third-order valence-electron chi connectivity index (χ3n) is 12.2. The Balaban J connectivity index is 0.967. The maximum Gasteiger partial charge on any atom is 0.164 e. The highest BCUT2D eigenvalue weighted by Crippen LogP contribution is 2.41. The SMILES string of the molecule is c1ccc(-c2nc(-c3ccccc3)nc(-c3cccc(-n4c5ccccc5c5ccc(-c6ccc7c(c6)c6ccccc6n7-c6cccc7c6oc6cccnc67)cc54)c3)n2)cc1. The normalized spacial score (nSPS) is 11.8. The maximum absolute atomic E-state index is 6.50. The summed E-state index contributed by atoms with van der Waals surface area (Å²) in [4.78, 5) is 19.7. The average Bonchev–Trinajstić information content (AvgIpc) is 4.02. The van der Waals surface area contributed by atoms with E-state index < -0.39 is 0 Å². The van der Waals surface area contributed by atoms with Crippen LogP contribution >= 0.6 is 0 Å². The van der Waals surface area contributed by atoms with Crippen molar-refractivity contribution in [2.45, 2.75) is 0 Å². The molecule has 5 heterocycles. The Labute approximate surface area is 360 Å². The standard InChI is InChI=1S/C56H34N6O/c1-3-14-35(15-4-1)54-58-55(36-16-5-2-6-17-36)60-56(59-54)39-18-11-19-40(32-39)61-46-23-9-7-20-41(46)43-29-27-38(34-50(43)61)37-28-30-48-45(33-37)42-21-8-10-24-47(42)62(48)49-25-12-22-44-52-51(63-53(44)49)26-13-31-57-52/h1-34H. The number of rotatable bonds is 6. The maximum atomic E-state index is 6.50. The van der Waals surface area contributed by atoms with Crippen LogP contribution in [0.15, 0.2) is 211 Å². The third-order valence-corrected chi connectivity index (χ3v) is 12.2. The molecular formula is C56H34N6O. The molecule has 0 aliphatic carbocycles. The van der Waals surface area contributed by atoms with Gasteiger partial charge in [-0.25, -0.2) is 15.0 Å². The van der Waals surface area contributed by atoms with E-state index in [1.165, 1.54) is 21.5 Å². The third kappa shape index (κ3) is 5.60. The molecule has 0 aliphatic heterocycles. The van der Waals surface area contributed by atoms with Crippen LogP contribution in [0, 0.1) is 0 Å². The number of furan rings is 1. The topological polar surface area (TPSA) is 74.6 Å². The molecule has 7 nitrogen and oxygen atoms in total. The van der Waals surface area contributed by atoms with Gasteiger partial charge in [0.15, 0.2) is 28.6 Å². The van der Waals surface area contributed by atoms with Gasteiger partial charge >= 0.3 is 0 Å². The van der Waals surface area contributed by atoms with Gasteiger partial charge in [-0.1, -0.05) is 133 Å². The van der Waals surface area contributed by atoms with Gasteiger partial charge in [0.05, 0.1) is 27.8 Å². The molecule has 0 spiro atoms. The van der Waals surface area contributed by atoms with Crippen molar-refractivity contribution in [3.8, 4) is 56.7 Å². The number of hydrogen-bond acceptors (Lipinski definition) is 5. The summed E-state index contributed by atoms with van der Waals surface area (Å²) in [5.74, 6) is 1.89. The molecule has 0 saturated heterocycles. The number of nitrogens with zero attached hydrogens (tertiary/aromatic N) is 6. The summed E-state index contributed by atoms with van der Waals surface area (Å²) in [5, 5.41) is 5.73. The summed E-state index contributed by atoms with van der Waals surface area (Å²) in [7, 11) is 0. The van der Waals surface area contributed by atoms with Crippen LogP contribution in [0.5, 0.6) is 0 Å². The summed E-state index contributed by atoms with van der Waals surface area (Å²) < 4.78 is 11.2. The fourth-order valence-electron chi connectivity index (χ4n) is 9.34. The molecule has 8 aromatic carbocycles. The van der Waals surface area contributed by atoms with E-state index in [0.717, 1.165) is 83.3 Å². The predicted molar refractivity (Wildman–Crippen MR) is 255 cm³/mol. The molecule has 5 aromatic heterocycles. The predicted octanol–water partition coefficient (Wildman–Crippen LogP) is 14.0. The zero-order chi connectivity index (χ0) is 41.4. The highest BCUT2D eigenvalue weighted by molar-refractivity contribution is 6.14. The van der Waals surface area contributed by atoms with Crippen LogP contribution in [0.25, 0.3) is 122 Å². The molecule has 0 fully saturated rings.